The van der Waals surface area contributed by atoms with Crippen LogP contribution in [0.2, 0.25) is 0 Å². The summed E-state index contributed by atoms with van der Waals surface area (Å²) < 4.78 is 43.8. The molecule has 172 valence electrons. The monoisotopic (exact) mass is 460 g/mol. The number of nitrogens with zero attached hydrogens (tertiary/aromatic N) is 1. The summed E-state index contributed by atoms with van der Waals surface area (Å²) in [5.41, 5.74) is 2.05. The topological polar surface area (TPSA) is 94.2 Å². The highest BCUT2D eigenvalue weighted by Gasteiger charge is 2.32. The second-order valence-electron chi connectivity index (χ2n) is 7.90. The predicted molar refractivity (Wildman–Crippen MR) is 118 cm³/mol. The third kappa shape index (κ3) is 4.90. The molecule has 8 nitrogen and oxygen atoms in total. The second kappa shape index (κ2) is 9.89. The lowest BCUT2D eigenvalue weighted by atomic mass is 9.97. The van der Waals surface area contributed by atoms with Gasteiger partial charge in [-0.15, -0.1) is 0 Å². The molecule has 0 saturated carbocycles. The number of nitrogens with one attached hydrogen (secondary N) is 1. The normalized spacial score (nSPS) is 17.2. The number of piperidine rings is 1. The van der Waals surface area contributed by atoms with E-state index in [4.69, 9.17) is 14.2 Å². The minimum atomic E-state index is -3.66. The average Bonchev–Trinajstić information content (AvgIpc) is 2.83. The van der Waals surface area contributed by atoms with Crippen LogP contribution in [0.4, 0.5) is 0 Å². The molecule has 0 radical (unpaired) electrons. The number of ether oxygens (including phenoxy) is 3. The van der Waals surface area contributed by atoms with Crippen molar-refractivity contribution in [1.82, 2.24) is 9.62 Å². The molecule has 0 aromatic heterocycles. The van der Waals surface area contributed by atoms with Crippen molar-refractivity contribution in [3.8, 4) is 11.5 Å². The van der Waals surface area contributed by atoms with Gasteiger partial charge in [-0.25, -0.2) is 8.42 Å². The zero-order valence-electron chi connectivity index (χ0n) is 18.1. The Morgan fingerprint density at radius 1 is 1.06 bits per heavy atom. The Labute approximate surface area is 188 Å². The molecule has 2 aromatic carbocycles. The van der Waals surface area contributed by atoms with E-state index in [0.717, 1.165) is 11.1 Å². The molecule has 32 heavy (non-hydrogen) atoms. The van der Waals surface area contributed by atoms with Crippen LogP contribution in [0.5, 0.6) is 11.5 Å². The van der Waals surface area contributed by atoms with E-state index in [9.17, 15) is 13.2 Å². The number of fused-ring (bicyclic) bond motifs is 1. The Hall–Kier alpha value is -2.62. The molecule has 2 aliphatic heterocycles. The quantitative estimate of drug-likeness (QED) is 0.682. The highest BCUT2D eigenvalue weighted by molar-refractivity contribution is 7.89. The minimum absolute atomic E-state index is 0.0476. The standard InChI is InChI=1S/C23H28N2O6S/c1-29-16-19-5-3-2-4-18(19)15-24-23(26)17-8-10-25(11-9-17)32(27,28)20-6-7-21-22(14-20)31-13-12-30-21/h2-7,14,17H,8-13,15-16H2,1H3,(H,24,26). The van der Waals surface area contributed by atoms with Gasteiger partial charge in [0.1, 0.15) is 13.2 Å². The molecule has 2 heterocycles. The van der Waals surface area contributed by atoms with E-state index in [0.29, 0.717) is 63.8 Å². The van der Waals surface area contributed by atoms with Crippen molar-refractivity contribution in [2.75, 3.05) is 33.4 Å². The number of sulfonamides is 1. The summed E-state index contributed by atoms with van der Waals surface area (Å²) in [4.78, 5) is 12.9. The van der Waals surface area contributed by atoms with Gasteiger partial charge in [0.05, 0.1) is 11.5 Å². The fourth-order valence-corrected chi connectivity index (χ4v) is 5.53. The number of hydrogen-bond donors (Lipinski definition) is 1. The molecule has 4 rings (SSSR count). The molecule has 9 heteroatoms. The van der Waals surface area contributed by atoms with Gasteiger partial charge in [-0.3, -0.25) is 4.79 Å². The van der Waals surface area contributed by atoms with Crippen molar-refractivity contribution in [2.24, 2.45) is 5.92 Å². The summed E-state index contributed by atoms with van der Waals surface area (Å²) >= 11 is 0. The maximum atomic E-state index is 13.1. The number of hydrogen-bond acceptors (Lipinski definition) is 6. The van der Waals surface area contributed by atoms with Crippen LogP contribution >= 0.6 is 0 Å². The van der Waals surface area contributed by atoms with Gasteiger partial charge in [0, 0.05) is 38.7 Å². The van der Waals surface area contributed by atoms with E-state index in [1.807, 2.05) is 24.3 Å². The maximum absolute atomic E-state index is 13.1. The SMILES string of the molecule is COCc1ccccc1CNC(=O)C1CCN(S(=O)(=O)c2ccc3c(c2)OCCO3)CC1. The molecular weight excluding hydrogens is 432 g/mol. The summed E-state index contributed by atoms with van der Waals surface area (Å²) in [5.74, 6) is 0.739. The van der Waals surface area contributed by atoms with Crippen molar-refractivity contribution < 1.29 is 27.4 Å². The number of rotatable bonds is 7. The lowest BCUT2D eigenvalue weighted by molar-refractivity contribution is -0.126. The fourth-order valence-electron chi connectivity index (χ4n) is 4.04. The van der Waals surface area contributed by atoms with Crippen molar-refractivity contribution >= 4 is 15.9 Å². The third-order valence-electron chi connectivity index (χ3n) is 5.85. The summed E-state index contributed by atoms with van der Waals surface area (Å²) in [7, 11) is -2.02. The van der Waals surface area contributed by atoms with E-state index in [-0.39, 0.29) is 16.7 Å². The van der Waals surface area contributed by atoms with Crippen molar-refractivity contribution in [2.45, 2.75) is 30.9 Å². The van der Waals surface area contributed by atoms with E-state index < -0.39 is 10.0 Å². The van der Waals surface area contributed by atoms with Gasteiger partial charge in [-0.1, -0.05) is 24.3 Å². The van der Waals surface area contributed by atoms with Gasteiger partial charge in [0.2, 0.25) is 15.9 Å². The summed E-state index contributed by atoms with van der Waals surface area (Å²) in [6.45, 7) is 2.36. The molecule has 1 saturated heterocycles. The van der Waals surface area contributed by atoms with Crippen molar-refractivity contribution in [3.63, 3.8) is 0 Å². The van der Waals surface area contributed by atoms with E-state index >= 15 is 0 Å². The van der Waals surface area contributed by atoms with Crippen LogP contribution in [-0.2, 0) is 32.7 Å². The molecule has 2 aliphatic rings. The summed E-state index contributed by atoms with van der Waals surface area (Å²) in [6, 6.07) is 12.5. The molecule has 0 spiro atoms. The molecule has 0 aliphatic carbocycles. The molecule has 0 atom stereocenters. The van der Waals surface area contributed by atoms with Crippen LogP contribution < -0.4 is 14.8 Å². The Morgan fingerprint density at radius 3 is 2.47 bits per heavy atom. The third-order valence-corrected chi connectivity index (χ3v) is 7.74. The molecule has 1 fully saturated rings. The smallest absolute Gasteiger partial charge is 0.243 e. The first-order chi connectivity index (χ1) is 15.5. The Balaban J connectivity index is 1.34. The molecule has 0 bridgehead atoms. The number of amides is 1. The number of carbonyl (C=O) groups is 1. The average molecular weight is 461 g/mol. The first-order valence-corrected chi connectivity index (χ1v) is 12.2. The molecular formula is C23H28N2O6S. The number of methoxy groups -OCH3 is 1. The highest BCUT2D eigenvalue weighted by Crippen LogP contribution is 2.34. The van der Waals surface area contributed by atoms with Crippen LogP contribution in [-0.4, -0.2) is 52.0 Å². The van der Waals surface area contributed by atoms with E-state index in [1.165, 1.54) is 10.4 Å². The van der Waals surface area contributed by atoms with Gasteiger partial charge >= 0.3 is 0 Å². The largest absolute Gasteiger partial charge is 0.486 e. The predicted octanol–water partition coefficient (Wildman–Crippen LogP) is 2.32. The van der Waals surface area contributed by atoms with Gasteiger partial charge in [-0.05, 0) is 36.1 Å². The fraction of sp³-hybridized carbons (Fsp3) is 0.435. The van der Waals surface area contributed by atoms with Gasteiger partial charge in [0.25, 0.3) is 0 Å². The lowest BCUT2D eigenvalue weighted by Gasteiger charge is -2.31. The second-order valence-corrected chi connectivity index (χ2v) is 9.84. The van der Waals surface area contributed by atoms with Crippen LogP contribution in [0.3, 0.4) is 0 Å². The highest BCUT2D eigenvalue weighted by atomic mass is 32.2. The summed E-state index contributed by atoms with van der Waals surface area (Å²) in [6.07, 6.45) is 0.963. The van der Waals surface area contributed by atoms with Crippen molar-refractivity contribution in [3.05, 3.63) is 53.6 Å². The van der Waals surface area contributed by atoms with E-state index in [1.54, 1.807) is 19.2 Å². The van der Waals surface area contributed by atoms with Crippen LogP contribution in [0.25, 0.3) is 0 Å². The maximum Gasteiger partial charge on any atom is 0.243 e. The molecule has 1 amide bonds. The van der Waals surface area contributed by atoms with Gasteiger partial charge < -0.3 is 19.5 Å². The first kappa shape index (κ1) is 22.6. The van der Waals surface area contributed by atoms with E-state index in [2.05, 4.69) is 5.32 Å². The van der Waals surface area contributed by atoms with Crippen molar-refractivity contribution in [1.29, 1.82) is 0 Å². The Kier molecular flexibility index (Phi) is 6.98. The summed E-state index contributed by atoms with van der Waals surface area (Å²) in [5, 5.41) is 2.99. The lowest BCUT2D eigenvalue weighted by Crippen LogP contribution is -2.42. The molecule has 0 unspecified atom stereocenters. The van der Waals surface area contributed by atoms with Crippen LogP contribution in [0.1, 0.15) is 24.0 Å². The number of carbonyl (C=O) groups excluding carboxylic acids is 1. The van der Waals surface area contributed by atoms with Crippen LogP contribution in [0.15, 0.2) is 47.4 Å². The zero-order chi connectivity index (χ0) is 22.6. The number of benzene rings is 2. The Morgan fingerprint density at radius 2 is 1.75 bits per heavy atom. The zero-order valence-corrected chi connectivity index (χ0v) is 18.9. The molecule has 1 N–H and O–H groups in total. The van der Waals surface area contributed by atoms with Crippen LogP contribution in [0, 0.1) is 5.92 Å². The minimum Gasteiger partial charge on any atom is -0.486 e. The Bertz CT molecular complexity index is 1060. The molecule has 2 aromatic rings. The first-order valence-electron chi connectivity index (χ1n) is 10.7. The van der Waals surface area contributed by atoms with Gasteiger partial charge in [0.15, 0.2) is 11.5 Å². The van der Waals surface area contributed by atoms with Gasteiger partial charge in [-0.2, -0.15) is 4.31 Å².